The molecule has 0 radical (unpaired) electrons. The SMILES string of the molecule is CCNC(=O)NC(=O)C(C)OC(=O)c1[nH]c(C)c(C(=O)OC(C)C)c1C. The third-order valence-electron chi connectivity index (χ3n) is 3.42. The summed E-state index contributed by atoms with van der Waals surface area (Å²) in [5, 5.41) is 4.45. The van der Waals surface area contributed by atoms with Gasteiger partial charge in [-0.15, -0.1) is 0 Å². The van der Waals surface area contributed by atoms with Crippen LogP contribution >= 0.6 is 0 Å². The standard InChI is InChI=1S/C17H25N3O6/c1-7-18-17(24)20-14(21)11(6)26-16(23)13-9(4)12(10(5)19-13)15(22)25-8(2)3/h8,11,19H,7H2,1-6H3,(H2,18,20,21,24). The van der Waals surface area contributed by atoms with Crippen molar-refractivity contribution < 1.29 is 28.7 Å². The van der Waals surface area contributed by atoms with Gasteiger partial charge in [-0.05, 0) is 47.1 Å². The number of nitrogens with one attached hydrogen (secondary N) is 3. The van der Waals surface area contributed by atoms with Crippen molar-refractivity contribution in [3.8, 4) is 0 Å². The highest BCUT2D eigenvalue weighted by molar-refractivity contribution is 6.00. The molecule has 0 aliphatic heterocycles. The number of imide groups is 1. The van der Waals surface area contributed by atoms with Crippen LogP contribution in [0, 0.1) is 13.8 Å². The van der Waals surface area contributed by atoms with Gasteiger partial charge >= 0.3 is 18.0 Å². The van der Waals surface area contributed by atoms with Crippen LogP contribution in [0.15, 0.2) is 0 Å². The van der Waals surface area contributed by atoms with Crippen LogP contribution in [-0.4, -0.2) is 47.6 Å². The van der Waals surface area contributed by atoms with E-state index in [0.29, 0.717) is 17.8 Å². The Balaban J connectivity index is 2.86. The van der Waals surface area contributed by atoms with Crippen LogP contribution in [0.2, 0.25) is 0 Å². The summed E-state index contributed by atoms with van der Waals surface area (Å²) in [5.41, 5.74) is 1.13. The molecule has 9 nitrogen and oxygen atoms in total. The smallest absolute Gasteiger partial charge is 0.355 e. The van der Waals surface area contributed by atoms with Gasteiger partial charge in [0, 0.05) is 12.2 Å². The number of rotatable bonds is 6. The number of hydrogen-bond donors (Lipinski definition) is 3. The highest BCUT2D eigenvalue weighted by atomic mass is 16.6. The van der Waals surface area contributed by atoms with E-state index in [9.17, 15) is 19.2 Å². The third-order valence-corrected chi connectivity index (χ3v) is 3.42. The molecule has 0 aromatic carbocycles. The molecule has 0 fully saturated rings. The van der Waals surface area contributed by atoms with Crippen molar-refractivity contribution in [2.75, 3.05) is 6.54 Å². The van der Waals surface area contributed by atoms with Gasteiger partial charge in [-0.1, -0.05) is 0 Å². The van der Waals surface area contributed by atoms with E-state index in [4.69, 9.17) is 9.47 Å². The number of aromatic nitrogens is 1. The lowest BCUT2D eigenvalue weighted by atomic mass is 10.1. The van der Waals surface area contributed by atoms with Gasteiger partial charge in [-0.25, -0.2) is 14.4 Å². The highest BCUT2D eigenvalue weighted by Crippen LogP contribution is 2.20. The fourth-order valence-electron chi connectivity index (χ4n) is 2.22. The maximum absolute atomic E-state index is 12.3. The quantitative estimate of drug-likeness (QED) is 0.655. The van der Waals surface area contributed by atoms with Crippen molar-refractivity contribution in [1.29, 1.82) is 0 Å². The number of H-pyrrole nitrogens is 1. The minimum absolute atomic E-state index is 0.0517. The first-order chi connectivity index (χ1) is 12.1. The van der Waals surface area contributed by atoms with Crippen LogP contribution in [0.4, 0.5) is 4.79 Å². The summed E-state index contributed by atoms with van der Waals surface area (Å²) in [5.74, 6) is -2.12. The Bertz CT molecular complexity index is 708. The van der Waals surface area contributed by atoms with Crippen LogP contribution in [0.1, 0.15) is 59.8 Å². The maximum atomic E-state index is 12.3. The lowest BCUT2D eigenvalue weighted by Crippen LogP contribution is -2.44. The average Bonchev–Trinajstić information content (AvgIpc) is 2.81. The van der Waals surface area contributed by atoms with Gasteiger partial charge in [0.25, 0.3) is 5.91 Å². The average molecular weight is 367 g/mol. The molecule has 3 N–H and O–H groups in total. The number of aryl methyl sites for hydroxylation is 1. The molecule has 1 aromatic rings. The van der Waals surface area contributed by atoms with Crippen molar-refractivity contribution in [2.45, 2.75) is 53.8 Å². The van der Waals surface area contributed by atoms with E-state index in [1.165, 1.54) is 6.92 Å². The van der Waals surface area contributed by atoms with Crippen LogP contribution in [0.3, 0.4) is 0 Å². The molecule has 3 amide bonds. The summed E-state index contributed by atoms with van der Waals surface area (Å²) in [6.45, 7) is 10.0. The van der Waals surface area contributed by atoms with Crippen molar-refractivity contribution in [2.24, 2.45) is 0 Å². The lowest BCUT2D eigenvalue weighted by Gasteiger charge is -2.13. The molecule has 0 aliphatic rings. The van der Waals surface area contributed by atoms with E-state index in [0.717, 1.165) is 0 Å². The predicted octanol–water partition coefficient (Wildman–Crippen LogP) is 1.59. The molecule has 144 valence electrons. The van der Waals surface area contributed by atoms with Crippen molar-refractivity contribution in [3.05, 3.63) is 22.5 Å². The van der Waals surface area contributed by atoms with Crippen LogP contribution in [0.25, 0.3) is 0 Å². The summed E-state index contributed by atoms with van der Waals surface area (Å²) in [4.78, 5) is 50.4. The molecule has 1 atom stereocenters. The minimum atomic E-state index is -1.20. The number of esters is 2. The summed E-state index contributed by atoms with van der Waals surface area (Å²) in [7, 11) is 0. The van der Waals surface area contributed by atoms with E-state index < -0.39 is 30.0 Å². The number of aromatic amines is 1. The number of hydrogen-bond acceptors (Lipinski definition) is 6. The van der Waals surface area contributed by atoms with Gasteiger partial charge in [0.1, 0.15) is 5.69 Å². The summed E-state index contributed by atoms with van der Waals surface area (Å²) in [6, 6.07) is -0.675. The number of urea groups is 1. The Hall–Kier alpha value is -2.84. The van der Waals surface area contributed by atoms with Gasteiger partial charge in [-0.2, -0.15) is 0 Å². The molecule has 0 aliphatic carbocycles. The first-order valence-corrected chi connectivity index (χ1v) is 8.28. The fraction of sp³-hybridized carbons (Fsp3) is 0.529. The second-order valence-corrected chi connectivity index (χ2v) is 5.98. The normalized spacial score (nSPS) is 11.7. The number of carbonyl (C=O) groups is 4. The van der Waals surface area contributed by atoms with Crippen LogP contribution in [0.5, 0.6) is 0 Å². The highest BCUT2D eigenvalue weighted by Gasteiger charge is 2.27. The van der Waals surface area contributed by atoms with E-state index in [1.807, 2.05) is 0 Å². The Morgan fingerprint density at radius 2 is 1.65 bits per heavy atom. The Morgan fingerprint density at radius 3 is 2.19 bits per heavy atom. The van der Waals surface area contributed by atoms with Crippen molar-refractivity contribution in [3.63, 3.8) is 0 Å². The zero-order valence-corrected chi connectivity index (χ0v) is 15.8. The van der Waals surface area contributed by atoms with E-state index in [2.05, 4.69) is 15.6 Å². The molecular formula is C17H25N3O6. The zero-order valence-electron chi connectivity index (χ0n) is 15.8. The van der Waals surface area contributed by atoms with Gasteiger partial charge in [-0.3, -0.25) is 10.1 Å². The van der Waals surface area contributed by atoms with Crippen molar-refractivity contribution in [1.82, 2.24) is 15.6 Å². The lowest BCUT2D eigenvalue weighted by molar-refractivity contribution is -0.127. The summed E-state index contributed by atoms with van der Waals surface area (Å²) in [6.07, 6.45) is -1.50. The van der Waals surface area contributed by atoms with E-state index in [-0.39, 0.29) is 17.4 Å². The molecule has 1 unspecified atom stereocenters. The van der Waals surface area contributed by atoms with Crippen LogP contribution < -0.4 is 10.6 Å². The van der Waals surface area contributed by atoms with E-state index >= 15 is 0 Å². The predicted molar refractivity (Wildman–Crippen MR) is 92.9 cm³/mol. The first-order valence-electron chi connectivity index (χ1n) is 8.28. The molecule has 1 aromatic heterocycles. The molecule has 26 heavy (non-hydrogen) atoms. The van der Waals surface area contributed by atoms with Crippen molar-refractivity contribution >= 4 is 23.9 Å². The Kier molecular flexibility index (Phi) is 7.36. The van der Waals surface area contributed by atoms with Gasteiger partial charge < -0.3 is 19.8 Å². The maximum Gasteiger partial charge on any atom is 0.355 e. The molecule has 0 bridgehead atoms. The fourth-order valence-corrected chi connectivity index (χ4v) is 2.22. The summed E-state index contributed by atoms with van der Waals surface area (Å²) >= 11 is 0. The second kappa shape index (κ2) is 9.02. The molecular weight excluding hydrogens is 342 g/mol. The van der Waals surface area contributed by atoms with Gasteiger partial charge in [0.05, 0.1) is 11.7 Å². The number of amides is 3. The molecule has 0 saturated carbocycles. The monoisotopic (exact) mass is 367 g/mol. The molecule has 9 heteroatoms. The minimum Gasteiger partial charge on any atom is -0.459 e. The van der Waals surface area contributed by atoms with Crippen LogP contribution in [-0.2, 0) is 14.3 Å². The molecule has 0 spiro atoms. The first kappa shape index (κ1) is 21.2. The van der Waals surface area contributed by atoms with Gasteiger partial charge in [0.15, 0.2) is 6.10 Å². The Morgan fingerprint density at radius 1 is 1.04 bits per heavy atom. The largest absolute Gasteiger partial charge is 0.459 e. The summed E-state index contributed by atoms with van der Waals surface area (Å²) < 4.78 is 10.2. The molecule has 0 saturated heterocycles. The van der Waals surface area contributed by atoms with E-state index in [1.54, 1.807) is 34.6 Å². The van der Waals surface area contributed by atoms with Gasteiger partial charge in [0.2, 0.25) is 0 Å². The second-order valence-electron chi connectivity index (χ2n) is 5.98. The number of carbonyl (C=O) groups excluding carboxylic acids is 4. The third kappa shape index (κ3) is 5.33. The number of ether oxygens (including phenoxy) is 2. The Labute approximate surface area is 151 Å². The zero-order chi connectivity index (χ0) is 20.0. The molecule has 1 heterocycles. The molecule has 1 rings (SSSR count). The topological polar surface area (TPSA) is 127 Å².